The summed E-state index contributed by atoms with van der Waals surface area (Å²) in [7, 11) is 1.70. The maximum absolute atomic E-state index is 14.4. The van der Waals surface area contributed by atoms with Crippen molar-refractivity contribution in [3.8, 4) is 0 Å². The molecule has 1 aromatic carbocycles. The van der Waals surface area contributed by atoms with Crippen molar-refractivity contribution >= 4 is 34.5 Å². The van der Waals surface area contributed by atoms with Gasteiger partial charge in [0.1, 0.15) is 17.1 Å². The number of benzene rings is 1. The number of amides is 1. The number of primary amides is 1. The summed E-state index contributed by atoms with van der Waals surface area (Å²) in [6.07, 6.45) is 5.64. The Morgan fingerprint density at radius 1 is 1.21 bits per heavy atom. The number of nitrogens with two attached hydrogens (primary N) is 1. The molecule has 3 N–H and O–H groups in total. The van der Waals surface area contributed by atoms with Crippen LogP contribution in [0, 0.1) is 30.5 Å². The predicted molar refractivity (Wildman–Crippen MR) is 122 cm³/mol. The molecule has 7 rings (SSSR count). The third-order valence-corrected chi connectivity index (χ3v) is 8.06. The van der Waals surface area contributed by atoms with Gasteiger partial charge in [0.05, 0.1) is 17.3 Å². The molecule has 4 aliphatic rings. The number of aromatic nitrogens is 4. The Hall–Kier alpha value is -3.56. The number of aryl methyl sites for hydroxylation is 2. The monoisotopic (exact) mass is 464 g/mol. The average molecular weight is 465 g/mol. The Morgan fingerprint density at radius 3 is 2.59 bits per heavy atom. The second kappa shape index (κ2) is 6.97. The molecular formula is C24H25FN6O3. The molecule has 4 aliphatic carbocycles. The van der Waals surface area contributed by atoms with Crippen LogP contribution < -0.4 is 16.7 Å². The van der Waals surface area contributed by atoms with E-state index in [1.54, 1.807) is 29.3 Å². The number of ketones is 1. The molecule has 176 valence electrons. The third-order valence-electron chi connectivity index (χ3n) is 8.06. The summed E-state index contributed by atoms with van der Waals surface area (Å²) in [5, 5.41) is 3.02. The van der Waals surface area contributed by atoms with Crippen LogP contribution in [0.1, 0.15) is 48.0 Å². The van der Waals surface area contributed by atoms with Crippen LogP contribution >= 0.6 is 0 Å². The number of Topliss-reactive ketones (excluding diaryl/α,β-unsaturated/α-hetero) is 1. The molecule has 1 amide bonds. The Bertz CT molecular complexity index is 1440. The molecule has 2 unspecified atom stereocenters. The van der Waals surface area contributed by atoms with Gasteiger partial charge < -0.3 is 11.1 Å². The van der Waals surface area contributed by atoms with E-state index >= 15 is 0 Å². The van der Waals surface area contributed by atoms with Crippen molar-refractivity contribution in [3.05, 3.63) is 45.8 Å². The second-order valence-corrected chi connectivity index (χ2v) is 10.2. The maximum atomic E-state index is 14.4. The van der Waals surface area contributed by atoms with Crippen LogP contribution in [-0.4, -0.2) is 30.8 Å². The highest BCUT2D eigenvalue weighted by Crippen LogP contribution is 2.57. The highest BCUT2D eigenvalue weighted by atomic mass is 19.1. The Balaban J connectivity index is 1.45. The summed E-state index contributed by atoms with van der Waals surface area (Å²) in [4.78, 5) is 46.6. The van der Waals surface area contributed by atoms with E-state index in [0.717, 1.165) is 19.3 Å². The van der Waals surface area contributed by atoms with E-state index in [1.165, 1.54) is 12.1 Å². The molecule has 34 heavy (non-hydrogen) atoms. The highest BCUT2D eigenvalue weighted by Gasteiger charge is 2.57. The summed E-state index contributed by atoms with van der Waals surface area (Å²) >= 11 is 0. The number of fused-ring (bicyclic) bond motifs is 1. The van der Waals surface area contributed by atoms with Crippen molar-refractivity contribution in [1.29, 1.82) is 0 Å². The van der Waals surface area contributed by atoms with Crippen LogP contribution in [0.4, 0.5) is 16.0 Å². The smallest absolute Gasteiger partial charge is 0.330 e. The van der Waals surface area contributed by atoms with E-state index in [9.17, 15) is 18.8 Å². The first-order chi connectivity index (χ1) is 16.2. The van der Waals surface area contributed by atoms with Crippen molar-refractivity contribution < 1.29 is 14.0 Å². The SMILES string of the molecule is Cc1cc(C(N)=O)c(F)cc1Nc1ncc2c(n1)n(C13CC4CC(C1)C(=O)C(C4)C3)c(=O)n2C. The molecule has 0 aliphatic heterocycles. The lowest BCUT2D eigenvalue weighted by atomic mass is 9.52. The fourth-order valence-corrected chi connectivity index (χ4v) is 6.70. The van der Waals surface area contributed by atoms with Crippen molar-refractivity contribution in [2.75, 3.05) is 5.32 Å². The van der Waals surface area contributed by atoms with Gasteiger partial charge in [0.25, 0.3) is 5.91 Å². The molecule has 0 spiro atoms. The maximum Gasteiger partial charge on any atom is 0.330 e. The molecule has 2 heterocycles. The minimum absolute atomic E-state index is 0.0160. The number of carbonyl (C=O) groups is 2. The van der Waals surface area contributed by atoms with E-state index in [-0.39, 0.29) is 29.0 Å². The number of nitrogens with zero attached hydrogens (tertiary/aromatic N) is 4. The van der Waals surface area contributed by atoms with E-state index in [4.69, 9.17) is 5.73 Å². The first kappa shape index (κ1) is 21.0. The van der Waals surface area contributed by atoms with Gasteiger partial charge in [-0.3, -0.25) is 18.7 Å². The lowest BCUT2D eigenvalue weighted by Gasteiger charge is -2.55. The quantitative estimate of drug-likeness (QED) is 0.611. The summed E-state index contributed by atoms with van der Waals surface area (Å²) < 4.78 is 17.7. The Morgan fingerprint density at radius 2 is 1.91 bits per heavy atom. The predicted octanol–water partition coefficient (Wildman–Crippen LogP) is 2.52. The third kappa shape index (κ3) is 2.87. The molecule has 4 saturated carbocycles. The largest absolute Gasteiger partial charge is 0.366 e. The second-order valence-electron chi connectivity index (χ2n) is 10.2. The molecule has 4 fully saturated rings. The van der Waals surface area contributed by atoms with Crippen LogP contribution in [0.25, 0.3) is 11.2 Å². The van der Waals surface area contributed by atoms with E-state index in [0.29, 0.717) is 47.0 Å². The van der Waals surface area contributed by atoms with Crippen LogP contribution in [0.2, 0.25) is 0 Å². The number of anilines is 2. The van der Waals surface area contributed by atoms with Crippen molar-refractivity contribution in [3.63, 3.8) is 0 Å². The summed E-state index contributed by atoms with van der Waals surface area (Å²) in [5.74, 6) is -0.532. The standard InChI is InChI=1S/C24H25FN6O3/c1-11-3-15(20(26)33)16(25)6-17(11)28-22-27-10-18-21(29-22)31(23(34)30(18)2)24-7-12-4-13(8-24)19(32)14(5-12)9-24/h3,6,10,12-14H,4-5,7-9H2,1-2H3,(H2,26,33)(H,27,28,29). The molecule has 3 aromatic rings. The number of rotatable bonds is 4. The molecule has 9 nitrogen and oxygen atoms in total. The summed E-state index contributed by atoms with van der Waals surface area (Å²) in [6, 6.07) is 2.56. The van der Waals surface area contributed by atoms with E-state index in [2.05, 4.69) is 15.3 Å². The molecule has 2 atom stereocenters. The van der Waals surface area contributed by atoms with Gasteiger partial charge in [-0.1, -0.05) is 0 Å². The van der Waals surface area contributed by atoms with Crippen LogP contribution in [0.15, 0.2) is 23.1 Å². The van der Waals surface area contributed by atoms with Crippen LogP contribution in [0.3, 0.4) is 0 Å². The van der Waals surface area contributed by atoms with Crippen LogP contribution in [-0.2, 0) is 17.4 Å². The zero-order valence-electron chi connectivity index (χ0n) is 19.0. The summed E-state index contributed by atoms with van der Waals surface area (Å²) in [6.45, 7) is 1.72. The Kier molecular flexibility index (Phi) is 4.31. The average Bonchev–Trinajstić information content (AvgIpc) is 3.03. The highest BCUT2D eigenvalue weighted by molar-refractivity contribution is 5.94. The van der Waals surface area contributed by atoms with Crippen molar-refractivity contribution in [1.82, 2.24) is 19.1 Å². The molecular weight excluding hydrogens is 439 g/mol. The molecule has 4 bridgehead atoms. The van der Waals surface area contributed by atoms with E-state index in [1.807, 2.05) is 0 Å². The molecule has 10 heteroatoms. The number of hydrogen-bond acceptors (Lipinski definition) is 6. The van der Waals surface area contributed by atoms with Gasteiger partial charge in [0.2, 0.25) is 5.95 Å². The fourth-order valence-electron chi connectivity index (χ4n) is 6.70. The molecule has 0 radical (unpaired) electrons. The normalized spacial score (nSPS) is 27.5. The van der Waals surface area contributed by atoms with Gasteiger partial charge in [0, 0.05) is 24.6 Å². The number of imidazole rings is 1. The van der Waals surface area contributed by atoms with Gasteiger partial charge in [-0.05, 0) is 62.6 Å². The lowest BCUT2D eigenvalue weighted by Crippen LogP contribution is -2.58. The van der Waals surface area contributed by atoms with Gasteiger partial charge in [-0.15, -0.1) is 0 Å². The van der Waals surface area contributed by atoms with Gasteiger partial charge in [0.15, 0.2) is 5.65 Å². The minimum atomic E-state index is -0.841. The first-order valence-electron chi connectivity index (χ1n) is 11.5. The number of carbonyl (C=O) groups excluding carboxylic acids is 2. The van der Waals surface area contributed by atoms with Gasteiger partial charge in [-0.2, -0.15) is 4.98 Å². The zero-order valence-corrected chi connectivity index (χ0v) is 19.0. The molecule has 2 aromatic heterocycles. The van der Waals surface area contributed by atoms with Gasteiger partial charge in [-0.25, -0.2) is 14.2 Å². The zero-order chi connectivity index (χ0) is 23.9. The Labute approximate surface area is 194 Å². The van der Waals surface area contributed by atoms with E-state index < -0.39 is 17.3 Å². The van der Waals surface area contributed by atoms with Crippen molar-refractivity contribution in [2.45, 2.75) is 44.6 Å². The first-order valence-corrected chi connectivity index (χ1v) is 11.5. The van der Waals surface area contributed by atoms with Gasteiger partial charge >= 0.3 is 5.69 Å². The fraction of sp³-hybridized carbons (Fsp3) is 0.458. The topological polar surface area (TPSA) is 125 Å². The lowest BCUT2D eigenvalue weighted by molar-refractivity contribution is -0.145. The minimum Gasteiger partial charge on any atom is -0.366 e. The number of hydrogen-bond donors (Lipinski definition) is 2. The number of halogens is 1. The van der Waals surface area contributed by atoms with Crippen LogP contribution in [0.5, 0.6) is 0 Å². The molecule has 0 saturated heterocycles. The van der Waals surface area contributed by atoms with Crippen molar-refractivity contribution in [2.24, 2.45) is 30.5 Å². The summed E-state index contributed by atoms with van der Waals surface area (Å²) in [5.41, 5.74) is 6.57. The number of nitrogens with one attached hydrogen (secondary N) is 1.